The third-order valence-corrected chi connectivity index (χ3v) is 8.14. The number of carbonyl (C=O) groups is 1. The third kappa shape index (κ3) is 4.02. The zero-order chi connectivity index (χ0) is 19.6. The van der Waals surface area contributed by atoms with Crippen LogP contribution in [0.5, 0.6) is 0 Å². The fraction of sp³-hybridized carbons (Fsp3) is 0.348. The first kappa shape index (κ1) is 19.0. The van der Waals surface area contributed by atoms with E-state index in [9.17, 15) is 4.79 Å². The molecule has 0 bridgehead atoms. The van der Waals surface area contributed by atoms with E-state index in [4.69, 9.17) is 0 Å². The summed E-state index contributed by atoms with van der Waals surface area (Å²) in [6, 6.07) is 14.8. The van der Waals surface area contributed by atoms with Crippen LogP contribution >= 0.6 is 23.1 Å². The predicted octanol–water partition coefficient (Wildman–Crippen LogP) is 4.33. The number of thioether (sulfide) groups is 1. The van der Waals surface area contributed by atoms with Gasteiger partial charge in [0.1, 0.15) is 5.00 Å². The van der Waals surface area contributed by atoms with Crippen LogP contribution in [0.15, 0.2) is 54.9 Å². The first-order chi connectivity index (χ1) is 14.3. The highest BCUT2D eigenvalue weighted by atomic mass is 32.2. The van der Waals surface area contributed by atoms with Gasteiger partial charge in [-0.25, -0.2) is 0 Å². The van der Waals surface area contributed by atoms with Gasteiger partial charge in [0.2, 0.25) is 0 Å². The van der Waals surface area contributed by atoms with Gasteiger partial charge in [0, 0.05) is 48.7 Å². The molecule has 1 fully saturated rings. The molecule has 4 heterocycles. The van der Waals surface area contributed by atoms with Crippen molar-refractivity contribution in [2.45, 2.75) is 31.2 Å². The van der Waals surface area contributed by atoms with Crippen molar-refractivity contribution in [2.24, 2.45) is 0 Å². The zero-order valence-corrected chi connectivity index (χ0v) is 18.0. The van der Waals surface area contributed by atoms with Gasteiger partial charge in [-0.05, 0) is 41.9 Å². The molecule has 1 atom stereocenters. The van der Waals surface area contributed by atoms with Crippen LogP contribution < -0.4 is 5.32 Å². The molecule has 2 aliphatic rings. The average Bonchev–Trinajstić information content (AvgIpc) is 3.48. The molecule has 5 rings (SSSR count). The van der Waals surface area contributed by atoms with Crippen LogP contribution in [0.4, 0.5) is 0 Å². The van der Waals surface area contributed by atoms with Crippen LogP contribution in [0.1, 0.15) is 32.8 Å². The molecule has 0 saturated carbocycles. The highest BCUT2D eigenvalue weighted by Crippen LogP contribution is 2.38. The van der Waals surface area contributed by atoms with Crippen molar-refractivity contribution in [3.8, 4) is 5.00 Å². The Morgan fingerprint density at radius 2 is 1.97 bits per heavy atom. The minimum absolute atomic E-state index is 0.102. The molecule has 2 aromatic heterocycles. The highest BCUT2D eigenvalue weighted by molar-refractivity contribution is 7.98. The van der Waals surface area contributed by atoms with Gasteiger partial charge in [-0.15, -0.1) is 11.3 Å². The maximum Gasteiger partial charge on any atom is 0.254 e. The van der Waals surface area contributed by atoms with Gasteiger partial charge >= 0.3 is 0 Å². The summed E-state index contributed by atoms with van der Waals surface area (Å²) in [4.78, 5) is 17.2. The van der Waals surface area contributed by atoms with E-state index >= 15 is 0 Å². The minimum Gasteiger partial charge on any atom is -0.348 e. The third-order valence-electron chi connectivity index (χ3n) is 5.72. The Labute approximate surface area is 179 Å². The average molecular weight is 424 g/mol. The van der Waals surface area contributed by atoms with E-state index in [2.05, 4.69) is 45.1 Å². The molecule has 1 saturated heterocycles. The smallest absolute Gasteiger partial charge is 0.254 e. The second-order valence-electron chi connectivity index (χ2n) is 7.76. The molecule has 29 heavy (non-hydrogen) atoms. The van der Waals surface area contributed by atoms with Crippen molar-refractivity contribution in [1.82, 2.24) is 14.8 Å². The van der Waals surface area contributed by atoms with Crippen molar-refractivity contribution in [3.05, 3.63) is 76.4 Å². The Morgan fingerprint density at radius 3 is 2.79 bits per heavy atom. The van der Waals surface area contributed by atoms with Crippen LogP contribution in [0, 0.1) is 0 Å². The summed E-state index contributed by atoms with van der Waals surface area (Å²) in [5, 5.41) is 4.42. The van der Waals surface area contributed by atoms with Crippen LogP contribution in [-0.2, 0) is 18.7 Å². The van der Waals surface area contributed by atoms with E-state index in [1.165, 1.54) is 16.0 Å². The number of nitrogens with zero attached hydrogens (tertiary/aromatic N) is 2. The standard InChI is InChI=1S/C23H25N3OS2/c27-22(24-18-8-12-25(15-18)14-17-6-2-1-3-7-17)21-19-9-13-28-16-20(19)29-23(21)26-10-4-5-11-26/h1-7,10-11,18H,8-9,12-16H2,(H,24,27). The fourth-order valence-corrected chi connectivity index (χ4v) is 6.74. The lowest BCUT2D eigenvalue weighted by molar-refractivity contribution is 0.0937. The summed E-state index contributed by atoms with van der Waals surface area (Å²) in [6.45, 7) is 2.90. The number of hydrogen-bond donors (Lipinski definition) is 1. The van der Waals surface area contributed by atoms with Gasteiger partial charge in [-0.1, -0.05) is 30.3 Å². The van der Waals surface area contributed by atoms with Gasteiger partial charge in [0.25, 0.3) is 5.91 Å². The molecule has 1 amide bonds. The molecule has 1 aromatic carbocycles. The number of amides is 1. The molecular formula is C23H25N3OS2. The molecule has 0 spiro atoms. The molecule has 1 N–H and O–H groups in total. The number of benzene rings is 1. The monoisotopic (exact) mass is 423 g/mol. The SMILES string of the molecule is O=C(NC1CCN(Cc2ccccc2)C1)c1c(-n2cccc2)sc2c1CCSC2. The Kier molecular flexibility index (Phi) is 5.48. The minimum atomic E-state index is 0.102. The number of fused-ring (bicyclic) bond motifs is 1. The van der Waals surface area contributed by atoms with Gasteiger partial charge in [0.15, 0.2) is 0 Å². The maximum absolute atomic E-state index is 13.4. The van der Waals surface area contributed by atoms with Gasteiger partial charge in [-0.3, -0.25) is 9.69 Å². The van der Waals surface area contributed by atoms with Gasteiger partial charge in [0.05, 0.1) is 5.56 Å². The van der Waals surface area contributed by atoms with Gasteiger partial charge < -0.3 is 9.88 Å². The van der Waals surface area contributed by atoms with E-state index in [1.807, 2.05) is 36.3 Å². The van der Waals surface area contributed by atoms with Crippen molar-refractivity contribution >= 4 is 29.0 Å². The lowest BCUT2D eigenvalue weighted by Gasteiger charge is -2.18. The lowest BCUT2D eigenvalue weighted by Crippen LogP contribution is -2.37. The number of thiophene rings is 1. The zero-order valence-electron chi connectivity index (χ0n) is 16.3. The number of nitrogens with one attached hydrogen (secondary N) is 1. The largest absolute Gasteiger partial charge is 0.348 e. The molecular weight excluding hydrogens is 398 g/mol. The van der Waals surface area contributed by atoms with Crippen LogP contribution in [-0.4, -0.2) is 40.3 Å². The molecule has 6 heteroatoms. The molecule has 0 radical (unpaired) electrons. The number of likely N-dealkylation sites (tertiary alicyclic amines) is 1. The van der Waals surface area contributed by atoms with E-state index in [-0.39, 0.29) is 11.9 Å². The van der Waals surface area contributed by atoms with Crippen LogP contribution in [0.25, 0.3) is 5.00 Å². The summed E-state index contributed by atoms with van der Waals surface area (Å²) >= 11 is 3.74. The Morgan fingerprint density at radius 1 is 1.14 bits per heavy atom. The van der Waals surface area contributed by atoms with E-state index < -0.39 is 0 Å². The maximum atomic E-state index is 13.4. The van der Waals surface area contributed by atoms with Crippen LogP contribution in [0.3, 0.4) is 0 Å². The summed E-state index contributed by atoms with van der Waals surface area (Å²) in [7, 11) is 0. The fourth-order valence-electron chi connectivity index (χ4n) is 4.30. The molecule has 150 valence electrons. The van der Waals surface area contributed by atoms with Gasteiger partial charge in [-0.2, -0.15) is 11.8 Å². The molecule has 4 nitrogen and oxygen atoms in total. The second-order valence-corrected chi connectivity index (χ2v) is 9.95. The predicted molar refractivity (Wildman–Crippen MR) is 121 cm³/mol. The van der Waals surface area contributed by atoms with Crippen molar-refractivity contribution in [2.75, 3.05) is 18.8 Å². The number of aromatic nitrogens is 1. The number of rotatable bonds is 5. The van der Waals surface area contributed by atoms with E-state index in [0.717, 1.165) is 54.5 Å². The normalized spacial score (nSPS) is 19.2. The molecule has 2 aliphatic heterocycles. The number of hydrogen-bond acceptors (Lipinski definition) is 4. The summed E-state index contributed by atoms with van der Waals surface area (Å²) in [5.41, 5.74) is 3.51. The lowest BCUT2D eigenvalue weighted by atomic mass is 10.1. The molecule has 3 aromatic rings. The first-order valence-corrected chi connectivity index (χ1v) is 12.2. The van der Waals surface area contributed by atoms with Crippen molar-refractivity contribution < 1.29 is 4.79 Å². The first-order valence-electron chi connectivity index (χ1n) is 10.2. The van der Waals surface area contributed by atoms with Crippen molar-refractivity contribution in [3.63, 3.8) is 0 Å². The Bertz CT molecular complexity index is 981. The molecule has 1 unspecified atom stereocenters. The number of carbonyl (C=O) groups excluding carboxylic acids is 1. The van der Waals surface area contributed by atoms with Crippen molar-refractivity contribution in [1.29, 1.82) is 0 Å². The van der Waals surface area contributed by atoms with E-state index in [1.54, 1.807) is 11.3 Å². The Balaban J connectivity index is 1.32. The highest BCUT2D eigenvalue weighted by Gasteiger charge is 2.29. The topological polar surface area (TPSA) is 37.3 Å². The summed E-state index contributed by atoms with van der Waals surface area (Å²) in [6.07, 6.45) is 6.08. The van der Waals surface area contributed by atoms with E-state index in [0.29, 0.717) is 0 Å². The summed E-state index contributed by atoms with van der Waals surface area (Å²) in [5.74, 6) is 2.23. The van der Waals surface area contributed by atoms with Crippen LogP contribution in [0.2, 0.25) is 0 Å². The second kappa shape index (κ2) is 8.38. The Hall–Kier alpha value is -2.02. The summed E-state index contributed by atoms with van der Waals surface area (Å²) < 4.78 is 2.10. The molecule has 0 aliphatic carbocycles. The quantitative estimate of drug-likeness (QED) is 0.664.